The molecule has 2 heteroatoms. The Morgan fingerprint density at radius 1 is 1.40 bits per heavy atom. The van der Waals surface area contributed by atoms with E-state index in [1.165, 1.54) is 0 Å². The van der Waals surface area contributed by atoms with Crippen molar-refractivity contribution in [3.05, 3.63) is 29.8 Å². The molecular weight excluding hydrogens is 143 g/mol. The van der Waals surface area contributed by atoms with Crippen molar-refractivity contribution < 1.29 is 4.79 Å². The Balaban J connectivity index is 3.15. The van der Waals surface area contributed by atoms with Gasteiger partial charge in [0.15, 0.2) is 5.78 Å². The van der Waals surface area contributed by atoms with Crippen LogP contribution in [0.5, 0.6) is 0 Å². The lowest BCUT2D eigenvalue weighted by Crippen LogP contribution is -2.04. The van der Waals surface area contributed by atoms with Gasteiger partial charge in [0.25, 0.3) is 0 Å². The van der Waals surface area contributed by atoms with Crippen LogP contribution in [0.2, 0.25) is 0 Å². The minimum Gasteiger partial charge on any atom is -0.294 e. The third kappa shape index (κ3) is 1.43. The van der Waals surface area contributed by atoms with Crippen molar-refractivity contribution in [3.8, 4) is 0 Å². The second-order valence-corrected chi connectivity index (χ2v) is 2.98. The third-order valence-corrected chi connectivity index (χ3v) is 2.01. The molecule has 1 unspecified atom stereocenters. The zero-order valence-corrected chi connectivity index (χ0v) is 7.34. The number of Topliss-reactive ketones (excluding diaryl/α,β-unsaturated/α-hetero) is 1. The molecule has 0 N–H and O–H groups in total. The molecule has 0 aromatic heterocycles. The van der Waals surface area contributed by atoms with E-state index in [0.29, 0.717) is 0 Å². The van der Waals surface area contributed by atoms with E-state index >= 15 is 0 Å². The molecule has 1 aromatic rings. The lowest BCUT2D eigenvalue weighted by Gasteiger charge is -1.93. The highest BCUT2D eigenvalue weighted by Gasteiger charge is 2.03. The maximum atomic E-state index is 10.9. The van der Waals surface area contributed by atoms with Gasteiger partial charge in [-0.15, -0.1) is 0 Å². The molecule has 0 aliphatic carbocycles. The summed E-state index contributed by atoms with van der Waals surface area (Å²) >= 11 is 0. The van der Waals surface area contributed by atoms with Crippen LogP contribution in [0.25, 0.3) is 0 Å². The van der Waals surface area contributed by atoms with Gasteiger partial charge >= 0.3 is 0 Å². The maximum absolute atomic E-state index is 10.9. The molecule has 0 fully saturated rings. The summed E-state index contributed by atoms with van der Waals surface area (Å²) in [6.07, 6.45) is 0. The molecule has 0 saturated carbocycles. The first-order chi connectivity index (χ1) is 4.72. The number of carbonyl (C=O) groups is 1. The van der Waals surface area contributed by atoms with Gasteiger partial charge in [-0.25, -0.2) is 0 Å². The second-order valence-electron chi connectivity index (χ2n) is 2.21. The van der Waals surface area contributed by atoms with Crippen molar-refractivity contribution in [1.29, 1.82) is 0 Å². The van der Waals surface area contributed by atoms with Gasteiger partial charge < -0.3 is 0 Å². The van der Waals surface area contributed by atoms with Gasteiger partial charge in [0.2, 0.25) is 0 Å². The van der Waals surface area contributed by atoms with Gasteiger partial charge in [0.1, 0.15) is 0 Å². The summed E-state index contributed by atoms with van der Waals surface area (Å²) in [4.78, 5) is 10.9. The van der Waals surface area contributed by atoms with Crippen molar-refractivity contribution in [2.75, 3.05) is 0 Å². The lowest BCUT2D eigenvalue weighted by atomic mass is 10.1. The maximum Gasteiger partial charge on any atom is 0.163 e. The van der Waals surface area contributed by atoms with Crippen molar-refractivity contribution >= 4 is 20.3 Å². The van der Waals surface area contributed by atoms with Crippen LogP contribution in [0.15, 0.2) is 24.3 Å². The predicted molar refractivity (Wildman–Crippen MR) is 47.2 cm³/mol. The monoisotopic (exact) mass is 153 g/mol. The minimum absolute atomic E-state index is 0.144. The number of rotatable bonds is 1. The van der Waals surface area contributed by atoms with Crippen LogP contribution in [0.3, 0.4) is 0 Å². The van der Waals surface area contributed by atoms with Crippen LogP contribution in [-0.2, 0) is 0 Å². The Hall–Kier alpha value is -0.680. The molecule has 10 heavy (non-hydrogen) atoms. The number of hydrogen-bond acceptors (Lipinski definition) is 1. The largest absolute Gasteiger partial charge is 0.294 e. The molecule has 0 saturated heterocycles. The Morgan fingerprint density at radius 2 is 2.00 bits per heavy atom. The summed E-state index contributed by atoms with van der Waals surface area (Å²) in [7, 11) is 1.74. The summed E-state index contributed by atoms with van der Waals surface area (Å²) < 4.78 is 0. The molecule has 52 valence electrons. The van der Waals surface area contributed by atoms with Crippen LogP contribution in [0.1, 0.15) is 17.3 Å². The average Bonchev–Trinajstić information content (AvgIpc) is 1.88. The minimum atomic E-state index is 0.144. The van der Waals surface area contributed by atoms with Crippen LogP contribution >= 0.6 is 9.24 Å². The van der Waals surface area contributed by atoms with E-state index in [0.717, 1.165) is 10.9 Å². The number of hydrogen-bond donors (Lipinski definition) is 0. The molecule has 1 aromatic carbocycles. The van der Waals surface area contributed by atoms with Gasteiger partial charge in [-0.2, -0.15) is 0 Å². The van der Waals surface area contributed by atoms with Gasteiger partial charge in [-0.05, 0) is 19.1 Å². The van der Waals surface area contributed by atoms with Crippen LogP contribution in [0, 0.1) is 0 Å². The van der Waals surface area contributed by atoms with Gasteiger partial charge in [0, 0.05) is 9.24 Å². The first kappa shape index (κ1) is 7.43. The normalized spacial score (nSPS) is 9.70. The van der Waals surface area contributed by atoms with E-state index in [-0.39, 0.29) is 5.78 Å². The van der Waals surface area contributed by atoms with E-state index in [9.17, 15) is 4.79 Å². The smallest absolute Gasteiger partial charge is 0.163 e. The fourth-order valence-corrected chi connectivity index (χ4v) is 1.37. The highest BCUT2D eigenvalue weighted by molar-refractivity contribution is 7.27. The Labute approximate surface area is 62.7 Å². The molecule has 0 amide bonds. The Kier molecular flexibility index (Phi) is 2.18. The summed E-state index contributed by atoms with van der Waals surface area (Å²) in [5.41, 5.74) is 0.834. The molecule has 0 aliphatic rings. The molecule has 0 bridgehead atoms. The van der Waals surface area contributed by atoms with E-state index in [1.807, 2.05) is 24.3 Å². The molecule has 1 atom stereocenters. The standard InChI is InChI=1S/C8H9OP/c1-6(9)7-4-2-3-5-8(7)10/h2-5H,10H2,1H3/p+1. The fraction of sp³-hybridized carbons (Fsp3) is 0.125. The predicted octanol–water partition coefficient (Wildman–Crippen LogP) is 1.12. The van der Waals surface area contributed by atoms with Crippen molar-refractivity contribution in [2.24, 2.45) is 0 Å². The van der Waals surface area contributed by atoms with Crippen LogP contribution in [-0.4, -0.2) is 5.78 Å². The number of benzene rings is 1. The molecule has 0 heterocycles. The van der Waals surface area contributed by atoms with Gasteiger partial charge in [0.05, 0.1) is 10.9 Å². The average molecular weight is 153 g/mol. The first-order valence-electron chi connectivity index (χ1n) is 3.14. The van der Waals surface area contributed by atoms with E-state index < -0.39 is 0 Å². The fourth-order valence-electron chi connectivity index (χ4n) is 0.864. The molecule has 1 nitrogen and oxygen atoms in total. The summed E-state index contributed by atoms with van der Waals surface area (Å²) in [5.74, 6) is 0.144. The molecular formula is C8H10OP+. The quantitative estimate of drug-likeness (QED) is 0.436. The topological polar surface area (TPSA) is 17.1 Å². The molecule has 1 rings (SSSR count). The lowest BCUT2D eigenvalue weighted by molar-refractivity contribution is 0.101. The van der Waals surface area contributed by atoms with Crippen molar-refractivity contribution in [2.45, 2.75) is 6.92 Å². The Morgan fingerprint density at radius 3 is 2.40 bits per heavy atom. The van der Waals surface area contributed by atoms with Gasteiger partial charge in [-0.1, -0.05) is 12.1 Å². The van der Waals surface area contributed by atoms with Crippen LogP contribution < -0.4 is 5.30 Å². The van der Waals surface area contributed by atoms with Crippen molar-refractivity contribution in [1.82, 2.24) is 0 Å². The van der Waals surface area contributed by atoms with E-state index in [2.05, 4.69) is 0 Å². The summed E-state index contributed by atoms with van der Waals surface area (Å²) in [6.45, 7) is 1.59. The third-order valence-electron chi connectivity index (χ3n) is 1.40. The zero-order chi connectivity index (χ0) is 7.56. The molecule has 0 aliphatic heterocycles. The Bertz CT molecular complexity index is 255. The van der Waals surface area contributed by atoms with E-state index in [1.54, 1.807) is 16.2 Å². The van der Waals surface area contributed by atoms with Crippen molar-refractivity contribution in [3.63, 3.8) is 0 Å². The number of ketones is 1. The summed E-state index contributed by atoms with van der Waals surface area (Å²) in [6, 6.07) is 7.63. The molecule has 0 spiro atoms. The van der Waals surface area contributed by atoms with Crippen LogP contribution in [0.4, 0.5) is 0 Å². The van der Waals surface area contributed by atoms with Gasteiger partial charge in [-0.3, -0.25) is 4.79 Å². The summed E-state index contributed by atoms with van der Waals surface area (Å²) in [5, 5.41) is 1.08. The second kappa shape index (κ2) is 2.94. The first-order valence-corrected chi connectivity index (χ1v) is 3.84. The number of carbonyl (C=O) groups excluding carboxylic acids is 1. The zero-order valence-electron chi connectivity index (χ0n) is 5.92. The highest BCUT2D eigenvalue weighted by Crippen LogP contribution is 2.00. The molecule has 0 radical (unpaired) electrons. The SMILES string of the molecule is CC(=O)c1ccccc1[PH3+]. The highest BCUT2D eigenvalue weighted by atomic mass is 31.0. The van der Waals surface area contributed by atoms with E-state index in [4.69, 9.17) is 0 Å².